The van der Waals surface area contributed by atoms with Gasteiger partial charge in [0.2, 0.25) is 0 Å². The number of hydrogen-bond donors (Lipinski definition) is 2. The van der Waals surface area contributed by atoms with E-state index in [1.165, 1.54) is 6.33 Å². The molecule has 0 aliphatic rings. The van der Waals surface area contributed by atoms with Crippen molar-refractivity contribution in [2.45, 2.75) is 0 Å². The average molecular weight is 161 g/mol. The largest absolute Gasteiger partial charge is 0.692 e. The zero-order valence-corrected chi connectivity index (χ0v) is 5.85. The second-order valence-corrected chi connectivity index (χ2v) is 1.66. The van der Waals surface area contributed by atoms with E-state index in [4.69, 9.17) is 14.4 Å². The Labute approximate surface area is 58.3 Å². The van der Waals surface area contributed by atoms with Crippen LogP contribution in [0.4, 0.5) is 0 Å². The molecule has 54 valence electrons. The molecule has 0 saturated heterocycles. The van der Waals surface area contributed by atoms with Crippen LogP contribution in [0, 0.1) is 0 Å². The molecule has 0 bridgehead atoms. The smallest absolute Gasteiger partial charge is 0.245 e. The molecule has 0 spiro atoms. The van der Waals surface area contributed by atoms with Gasteiger partial charge in [-0.15, -0.1) is 9.79 Å². The van der Waals surface area contributed by atoms with Gasteiger partial charge < -0.3 is 0 Å². The van der Waals surface area contributed by atoms with Crippen LogP contribution in [-0.2, 0) is 4.57 Å². The highest BCUT2D eigenvalue weighted by Crippen LogP contribution is 1.98. The monoisotopic (exact) mass is 161 g/mol. The lowest BCUT2D eigenvalue weighted by atomic mass is 10.7. The van der Waals surface area contributed by atoms with E-state index in [1.54, 1.807) is 18.5 Å². The number of nitrogens with zero attached hydrogens (tertiary/aromatic N) is 2. The maximum absolute atomic E-state index is 8.70. The van der Waals surface area contributed by atoms with E-state index in [-0.39, 0.29) is 0 Å². The molecular weight excluding hydrogens is 155 g/mol. The highest BCUT2D eigenvalue weighted by Gasteiger charge is 1.93. The van der Waals surface area contributed by atoms with E-state index >= 15 is 0 Å². The standard InChI is InChI=1S/C4H4N2.HO3P/c1-2-5-4-6-3-1;1-4(2)3/h1-4H;(H-,1,2,3)/p+1. The molecule has 0 aliphatic carbocycles. The third kappa shape index (κ3) is 10.2. The van der Waals surface area contributed by atoms with Crippen molar-refractivity contribution in [3.05, 3.63) is 24.8 Å². The van der Waals surface area contributed by atoms with Crippen molar-refractivity contribution in [3.8, 4) is 0 Å². The van der Waals surface area contributed by atoms with Gasteiger partial charge in [0.05, 0.1) is 0 Å². The first-order chi connectivity index (χ1) is 4.73. The summed E-state index contributed by atoms with van der Waals surface area (Å²) in [6.45, 7) is 0. The number of rotatable bonds is 0. The third-order valence-electron chi connectivity index (χ3n) is 0.478. The molecular formula is C4H6N2O3P+. The number of hydrogen-bond acceptors (Lipinski definition) is 3. The molecule has 0 aliphatic heterocycles. The molecule has 0 fully saturated rings. The zero-order valence-electron chi connectivity index (χ0n) is 4.95. The average Bonchev–Trinajstić information content (AvgIpc) is 1.90. The molecule has 0 aromatic carbocycles. The molecule has 2 N–H and O–H groups in total. The summed E-state index contributed by atoms with van der Waals surface area (Å²) < 4.78 is 8.70. The van der Waals surface area contributed by atoms with Crippen molar-refractivity contribution >= 4 is 8.25 Å². The van der Waals surface area contributed by atoms with Crippen LogP contribution in [0.25, 0.3) is 0 Å². The third-order valence-corrected chi connectivity index (χ3v) is 0.478. The summed E-state index contributed by atoms with van der Waals surface area (Å²) in [6.07, 6.45) is 4.88. The van der Waals surface area contributed by atoms with E-state index in [2.05, 4.69) is 9.97 Å². The Kier molecular flexibility index (Phi) is 5.66. The Balaban J connectivity index is 0.000000180. The fraction of sp³-hybridized carbons (Fsp3) is 0. The van der Waals surface area contributed by atoms with Crippen LogP contribution in [0.5, 0.6) is 0 Å². The molecule has 0 amide bonds. The molecule has 1 heterocycles. The van der Waals surface area contributed by atoms with E-state index in [1.807, 2.05) is 0 Å². The molecule has 1 aromatic rings. The van der Waals surface area contributed by atoms with Crippen molar-refractivity contribution < 1.29 is 14.4 Å². The molecule has 0 unspecified atom stereocenters. The maximum atomic E-state index is 8.70. The van der Waals surface area contributed by atoms with Crippen molar-refractivity contribution in [1.82, 2.24) is 9.97 Å². The normalized spacial score (nSPS) is 7.40. The molecule has 5 nitrogen and oxygen atoms in total. The van der Waals surface area contributed by atoms with Gasteiger partial charge >= 0.3 is 8.25 Å². The van der Waals surface area contributed by atoms with Gasteiger partial charge in [0.1, 0.15) is 6.33 Å². The van der Waals surface area contributed by atoms with Crippen molar-refractivity contribution in [2.75, 3.05) is 0 Å². The van der Waals surface area contributed by atoms with Crippen molar-refractivity contribution in [3.63, 3.8) is 0 Å². The summed E-state index contributed by atoms with van der Waals surface area (Å²) >= 11 is 0. The summed E-state index contributed by atoms with van der Waals surface area (Å²) in [4.78, 5) is 21.6. The lowest BCUT2D eigenvalue weighted by Crippen LogP contribution is -1.66. The summed E-state index contributed by atoms with van der Waals surface area (Å²) in [5, 5.41) is 0. The summed E-state index contributed by atoms with van der Waals surface area (Å²) in [7, 11) is -2.87. The second-order valence-electron chi connectivity index (χ2n) is 1.16. The van der Waals surface area contributed by atoms with Gasteiger partial charge in [0.25, 0.3) is 0 Å². The first-order valence-corrected chi connectivity index (χ1v) is 3.45. The van der Waals surface area contributed by atoms with E-state index in [9.17, 15) is 0 Å². The quantitative estimate of drug-likeness (QED) is 0.527. The minimum Gasteiger partial charge on any atom is -0.245 e. The molecule has 0 radical (unpaired) electrons. The lowest BCUT2D eigenvalue weighted by Gasteiger charge is -1.70. The van der Waals surface area contributed by atoms with Crippen LogP contribution in [0.2, 0.25) is 0 Å². The minimum absolute atomic E-state index is 1.50. The van der Waals surface area contributed by atoms with Gasteiger partial charge in [0, 0.05) is 17.0 Å². The minimum atomic E-state index is -2.87. The van der Waals surface area contributed by atoms with Crippen LogP contribution in [-0.4, -0.2) is 19.8 Å². The van der Waals surface area contributed by atoms with Crippen molar-refractivity contribution in [1.29, 1.82) is 0 Å². The predicted octanol–water partition coefficient (Wildman–Crippen LogP) is 0.105. The van der Waals surface area contributed by atoms with E-state index < -0.39 is 8.25 Å². The summed E-state index contributed by atoms with van der Waals surface area (Å²) in [6, 6.07) is 1.78. The Morgan fingerprint density at radius 1 is 1.20 bits per heavy atom. The van der Waals surface area contributed by atoms with E-state index in [0.29, 0.717) is 0 Å². The van der Waals surface area contributed by atoms with Crippen LogP contribution in [0.1, 0.15) is 0 Å². The fourth-order valence-electron chi connectivity index (χ4n) is 0.253. The van der Waals surface area contributed by atoms with Crippen LogP contribution in [0.15, 0.2) is 24.8 Å². The van der Waals surface area contributed by atoms with Gasteiger partial charge in [-0.25, -0.2) is 9.97 Å². The molecule has 1 rings (SSSR count). The fourth-order valence-corrected chi connectivity index (χ4v) is 0.253. The van der Waals surface area contributed by atoms with Gasteiger partial charge in [-0.1, -0.05) is 0 Å². The zero-order chi connectivity index (χ0) is 7.82. The second kappa shape index (κ2) is 6.22. The Morgan fingerprint density at radius 3 is 1.70 bits per heavy atom. The Morgan fingerprint density at radius 2 is 1.60 bits per heavy atom. The van der Waals surface area contributed by atoms with Gasteiger partial charge in [0.15, 0.2) is 0 Å². The van der Waals surface area contributed by atoms with Crippen LogP contribution < -0.4 is 0 Å². The van der Waals surface area contributed by atoms with Crippen molar-refractivity contribution in [2.24, 2.45) is 0 Å². The molecule has 0 atom stereocenters. The first kappa shape index (κ1) is 9.10. The van der Waals surface area contributed by atoms with Gasteiger partial charge in [-0.05, 0) is 6.07 Å². The van der Waals surface area contributed by atoms with Gasteiger partial charge in [-0.2, -0.15) is 0 Å². The Bertz CT molecular complexity index is 150. The van der Waals surface area contributed by atoms with Gasteiger partial charge in [-0.3, -0.25) is 0 Å². The molecule has 0 saturated carbocycles. The van der Waals surface area contributed by atoms with Crippen LogP contribution >= 0.6 is 8.25 Å². The number of aromatic nitrogens is 2. The first-order valence-electron chi connectivity index (χ1n) is 2.28. The summed E-state index contributed by atoms with van der Waals surface area (Å²) in [5.74, 6) is 0. The molecule has 1 aromatic heterocycles. The topological polar surface area (TPSA) is 83.3 Å². The van der Waals surface area contributed by atoms with E-state index in [0.717, 1.165) is 0 Å². The maximum Gasteiger partial charge on any atom is 0.692 e. The highest BCUT2D eigenvalue weighted by molar-refractivity contribution is 7.30. The summed E-state index contributed by atoms with van der Waals surface area (Å²) in [5.41, 5.74) is 0. The Hall–Kier alpha value is -0.900. The predicted molar refractivity (Wildman–Crippen MR) is 34.1 cm³/mol. The SMILES string of the molecule is O=[P+](O)O.c1cncnc1. The molecule has 10 heavy (non-hydrogen) atoms. The highest BCUT2D eigenvalue weighted by atomic mass is 31.1. The lowest BCUT2D eigenvalue weighted by molar-refractivity contribution is 0.405. The molecule has 6 heteroatoms. The van der Waals surface area contributed by atoms with Crippen LogP contribution in [0.3, 0.4) is 0 Å².